The molecule has 0 spiro atoms. The van der Waals surface area contributed by atoms with Gasteiger partial charge < -0.3 is 15.5 Å². The highest BCUT2D eigenvalue weighted by molar-refractivity contribution is 5.84. The average molecular weight is 252 g/mol. The lowest BCUT2D eigenvalue weighted by molar-refractivity contribution is -0.130. The molecule has 0 saturated carbocycles. The number of guanidine groups is 1. The Morgan fingerprint density at radius 3 is 1.94 bits per heavy atom. The molecule has 2 N–H and O–H groups in total. The van der Waals surface area contributed by atoms with Gasteiger partial charge in [0.1, 0.15) is 6.54 Å². The molecule has 0 atom stereocenters. The van der Waals surface area contributed by atoms with Gasteiger partial charge in [0.2, 0.25) is 5.91 Å². The van der Waals surface area contributed by atoms with E-state index in [2.05, 4.69) is 9.89 Å². The van der Waals surface area contributed by atoms with Gasteiger partial charge in [0.15, 0.2) is 5.96 Å². The number of rotatable bonds is 2. The van der Waals surface area contributed by atoms with Gasteiger partial charge in [-0.05, 0) is 38.5 Å². The van der Waals surface area contributed by atoms with E-state index < -0.39 is 0 Å². The maximum absolute atomic E-state index is 11.9. The standard InChI is InChI=1S/C13H24N4O/c14-13(17-9-5-2-6-10-17)15-11-12(18)16-7-3-1-4-8-16/h1-11H2,(H2,14,15). The quantitative estimate of drug-likeness (QED) is 0.584. The van der Waals surface area contributed by atoms with Crippen molar-refractivity contribution in [2.45, 2.75) is 38.5 Å². The molecule has 0 aromatic rings. The van der Waals surface area contributed by atoms with Crippen molar-refractivity contribution in [2.75, 3.05) is 32.7 Å². The van der Waals surface area contributed by atoms with Gasteiger partial charge in [-0.15, -0.1) is 0 Å². The number of likely N-dealkylation sites (tertiary alicyclic amines) is 2. The van der Waals surface area contributed by atoms with Crippen molar-refractivity contribution in [3.05, 3.63) is 0 Å². The Kier molecular flexibility index (Phi) is 4.84. The molecular formula is C13H24N4O. The molecule has 1 amide bonds. The first kappa shape index (κ1) is 13.2. The smallest absolute Gasteiger partial charge is 0.244 e. The highest BCUT2D eigenvalue weighted by Crippen LogP contribution is 2.10. The Morgan fingerprint density at radius 2 is 1.39 bits per heavy atom. The third-order valence-electron chi connectivity index (χ3n) is 3.77. The summed E-state index contributed by atoms with van der Waals surface area (Å²) in [5.74, 6) is 0.662. The van der Waals surface area contributed by atoms with Gasteiger partial charge in [-0.2, -0.15) is 0 Å². The molecule has 0 aromatic carbocycles. The van der Waals surface area contributed by atoms with Crippen molar-refractivity contribution >= 4 is 11.9 Å². The Bertz CT molecular complexity index is 304. The number of piperidine rings is 2. The van der Waals surface area contributed by atoms with E-state index in [1.54, 1.807) is 0 Å². The molecule has 2 aliphatic heterocycles. The number of nitrogens with two attached hydrogens (primary N) is 1. The highest BCUT2D eigenvalue weighted by Gasteiger charge is 2.17. The molecule has 0 aromatic heterocycles. The fourth-order valence-corrected chi connectivity index (χ4v) is 2.61. The highest BCUT2D eigenvalue weighted by atomic mass is 16.2. The second-order valence-electron chi connectivity index (χ2n) is 5.16. The van der Waals surface area contributed by atoms with Crippen LogP contribution in [0, 0.1) is 0 Å². The Morgan fingerprint density at radius 1 is 0.889 bits per heavy atom. The second kappa shape index (κ2) is 6.61. The van der Waals surface area contributed by atoms with Gasteiger partial charge in [0.25, 0.3) is 0 Å². The van der Waals surface area contributed by atoms with Crippen molar-refractivity contribution in [1.82, 2.24) is 9.80 Å². The predicted molar refractivity (Wildman–Crippen MR) is 72.3 cm³/mol. The van der Waals surface area contributed by atoms with Gasteiger partial charge in [0.05, 0.1) is 0 Å². The van der Waals surface area contributed by atoms with Crippen molar-refractivity contribution < 1.29 is 4.79 Å². The van der Waals surface area contributed by atoms with Crippen LogP contribution in [0.25, 0.3) is 0 Å². The molecule has 0 radical (unpaired) electrons. The number of carbonyl (C=O) groups excluding carboxylic acids is 1. The normalized spacial score (nSPS) is 22.1. The van der Waals surface area contributed by atoms with Crippen LogP contribution in [0.5, 0.6) is 0 Å². The zero-order valence-electron chi connectivity index (χ0n) is 11.1. The minimum atomic E-state index is 0.120. The van der Waals surface area contributed by atoms with Crippen molar-refractivity contribution in [3.8, 4) is 0 Å². The van der Waals surface area contributed by atoms with E-state index in [1.807, 2.05) is 4.90 Å². The number of hydrogen-bond donors (Lipinski definition) is 1. The van der Waals surface area contributed by atoms with Gasteiger partial charge in [-0.3, -0.25) is 4.79 Å². The van der Waals surface area contributed by atoms with Crippen LogP contribution >= 0.6 is 0 Å². The lowest BCUT2D eigenvalue weighted by atomic mass is 10.1. The van der Waals surface area contributed by atoms with Gasteiger partial charge in [0, 0.05) is 26.2 Å². The lowest BCUT2D eigenvalue weighted by Crippen LogP contribution is -2.42. The summed E-state index contributed by atoms with van der Waals surface area (Å²) in [4.78, 5) is 20.2. The zero-order valence-corrected chi connectivity index (χ0v) is 11.1. The number of amides is 1. The van der Waals surface area contributed by atoms with Crippen LogP contribution in [0.4, 0.5) is 0 Å². The summed E-state index contributed by atoms with van der Waals surface area (Å²) in [6.45, 7) is 3.94. The largest absolute Gasteiger partial charge is 0.370 e. The molecular weight excluding hydrogens is 228 g/mol. The van der Waals surface area contributed by atoms with Crippen LogP contribution in [0.1, 0.15) is 38.5 Å². The van der Waals surface area contributed by atoms with E-state index in [0.717, 1.165) is 39.0 Å². The summed E-state index contributed by atoms with van der Waals surface area (Å²) in [6.07, 6.45) is 7.11. The lowest BCUT2D eigenvalue weighted by Gasteiger charge is -2.28. The molecule has 2 fully saturated rings. The third-order valence-corrected chi connectivity index (χ3v) is 3.77. The van der Waals surface area contributed by atoms with Crippen molar-refractivity contribution in [1.29, 1.82) is 0 Å². The van der Waals surface area contributed by atoms with Crippen LogP contribution in [0.3, 0.4) is 0 Å². The fourth-order valence-electron chi connectivity index (χ4n) is 2.61. The SMILES string of the molecule is NC(=NCC(=O)N1CCCCC1)N1CCCCC1. The molecule has 0 unspecified atom stereocenters. The molecule has 102 valence electrons. The molecule has 5 nitrogen and oxygen atoms in total. The van der Waals surface area contributed by atoms with Crippen LogP contribution in [-0.2, 0) is 4.79 Å². The monoisotopic (exact) mass is 252 g/mol. The molecule has 2 saturated heterocycles. The van der Waals surface area contributed by atoms with Gasteiger partial charge >= 0.3 is 0 Å². The summed E-state index contributed by atoms with van der Waals surface area (Å²) >= 11 is 0. The first-order chi connectivity index (χ1) is 8.77. The minimum absolute atomic E-state index is 0.120. The van der Waals surface area contributed by atoms with E-state index in [1.165, 1.54) is 25.7 Å². The molecule has 18 heavy (non-hydrogen) atoms. The summed E-state index contributed by atoms with van der Waals surface area (Å²) < 4.78 is 0. The summed E-state index contributed by atoms with van der Waals surface area (Å²) in [5, 5.41) is 0. The summed E-state index contributed by atoms with van der Waals surface area (Å²) in [6, 6.07) is 0. The van der Waals surface area contributed by atoms with Crippen LogP contribution < -0.4 is 5.73 Å². The van der Waals surface area contributed by atoms with E-state index in [-0.39, 0.29) is 12.5 Å². The number of hydrogen-bond acceptors (Lipinski definition) is 2. The zero-order chi connectivity index (χ0) is 12.8. The summed E-state index contributed by atoms with van der Waals surface area (Å²) in [5.41, 5.74) is 5.93. The molecule has 2 rings (SSSR count). The maximum Gasteiger partial charge on any atom is 0.244 e. The third kappa shape index (κ3) is 3.62. The van der Waals surface area contributed by atoms with E-state index in [9.17, 15) is 4.79 Å². The topological polar surface area (TPSA) is 61.9 Å². The Hall–Kier alpha value is -1.26. The van der Waals surface area contributed by atoms with E-state index >= 15 is 0 Å². The first-order valence-electron chi connectivity index (χ1n) is 7.10. The predicted octanol–water partition coefficient (Wildman–Crippen LogP) is 0.799. The number of aliphatic imine (C=N–C) groups is 1. The second-order valence-corrected chi connectivity index (χ2v) is 5.16. The van der Waals surface area contributed by atoms with Gasteiger partial charge in [-0.1, -0.05) is 0 Å². The molecule has 0 aliphatic carbocycles. The molecule has 2 aliphatic rings. The number of nitrogens with zero attached hydrogens (tertiary/aromatic N) is 3. The van der Waals surface area contributed by atoms with Crippen LogP contribution in [-0.4, -0.2) is 54.4 Å². The molecule has 5 heteroatoms. The minimum Gasteiger partial charge on any atom is -0.370 e. The van der Waals surface area contributed by atoms with E-state index in [0.29, 0.717) is 5.96 Å². The maximum atomic E-state index is 11.9. The fraction of sp³-hybridized carbons (Fsp3) is 0.846. The van der Waals surface area contributed by atoms with Gasteiger partial charge in [-0.25, -0.2) is 4.99 Å². The van der Waals surface area contributed by atoms with Crippen molar-refractivity contribution in [3.63, 3.8) is 0 Å². The average Bonchev–Trinajstić information content (AvgIpc) is 2.46. The molecule has 2 heterocycles. The van der Waals surface area contributed by atoms with E-state index in [4.69, 9.17) is 5.73 Å². The molecule has 0 bridgehead atoms. The first-order valence-corrected chi connectivity index (χ1v) is 7.10. The Labute approximate surface area is 109 Å². The Balaban J connectivity index is 1.79. The van der Waals surface area contributed by atoms with Crippen molar-refractivity contribution in [2.24, 2.45) is 10.7 Å². The van der Waals surface area contributed by atoms with Crippen LogP contribution in [0.15, 0.2) is 4.99 Å². The summed E-state index contributed by atoms with van der Waals surface area (Å²) in [7, 11) is 0. The van der Waals surface area contributed by atoms with Crippen LogP contribution in [0.2, 0.25) is 0 Å². The number of carbonyl (C=O) groups is 1.